The fraction of sp³-hybridized carbons (Fsp3) is 1.00. The van der Waals surface area contributed by atoms with Gasteiger partial charge in [-0.15, -0.1) is 0 Å². The van der Waals surface area contributed by atoms with Gasteiger partial charge in [0.15, 0.2) is 0 Å². The van der Waals surface area contributed by atoms with E-state index in [0.717, 1.165) is 0 Å². The predicted octanol–water partition coefficient (Wildman–Crippen LogP) is -0.219. The van der Waals surface area contributed by atoms with Crippen molar-refractivity contribution in [2.45, 2.75) is 25.2 Å². The maximum Gasteiger partial charge on any atom is 0.109 e. The molecule has 1 fully saturated rings. The Kier molecular flexibility index (Phi) is 2.05. The van der Waals surface area contributed by atoms with Crippen LogP contribution in [0.3, 0.4) is 0 Å². The van der Waals surface area contributed by atoms with Crippen molar-refractivity contribution in [3.63, 3.8) is 0 Å². The summed E-state index contributed by atoms with van der Waals surface area (Å²) in [6.45, 7) is 2.35. The SMILES string of the molecule is COC1COC(C)C1O. The fourth-order valence-corrected chi connectivity index (χ4v) is 0.954. The molecule has 9 heavy (non-hydrogen) atoms. The molecule has 3 heteroatoms. The van der Waals surface area contributed by atoms with Crippen molar-refractivity contribution in [3.05, 3.63) is 0 Å². The Morgan fingerprint density at radius 2 is 2.33 bits per heavy atom. The molecule has 0 aromatic heterocycles. The first kappa shape index (κ1) is 6.99. The summed E-state index contributed by atoms with van der Waals surface area (Å²) in [6, 6.07) is 0. The lowest BCUT2D eigenvalue weighted by atomic mass is 10.2. The maximum absolute atomic E-state index is 9.21. The van der Waals surface area contributed by atoms with Crippen LogP contribution in [-0.2, 0) is 9.47 Å². The zero-order chi connectivity index (χ0) is 6.85. The molecule has 1 heterocycles. The van der Waals surface area contributed by atoms with Crippen LogP contribution >= 0.6 is 0 Å². The fourth-order valence-electron chi connectivity index (χ4n) is 0.954. The number of aliphatic hydroxyl groups excluding tert-OH is 1. The van der Waals surface area contributed by atoms with Crippen molar-refractivity contribution >= 4 is 0 Å². The normalized spacial score (nSPS) is 43.7. The number of aliphatic hydroxyl groups is 1. The Morgan fingerprint density at radius 3 is 2.56 bits per heavy atom. The van der Waals surface area contributed by atoms with Crippen LogP contribution in [0, 0.1) is 0 Å². The highest BCUT2D eigenvalue weighted by molar-refractivity contribution is 4.80. The quantitative estimate of drug-likeness (QED) is 0.536. The van der Waals surface area contributed by atoms with Crippen LogP contribution in [0.1, 0.15) is 6.92 Å². The first-order valence-electron chi connectivity index (χ1n) is 3.08. The Labute approximate surface area is 54.6 Å². The van der Waals surface area contributed by atoms with Gasteiger partial charge in [-0.05, 0) is 6.92 Å². The lowest BCUT2D eigenvalue weighted by Gasteiger charge is -2.11. The van der Waals surface area contributed by atoms with Gasteiger partial charge in [-0.2, -0.15) is 0 Å². The number of hydrogen-bond acceptors (Lipinski definition) is 3. The van der Waals surface area contributed by atoms with Gasteiger partial charge >= 0.3 is 0 Å². The molecule has 1 N–H and O–H groups in total. The van der Waals surface area contributed by atoms with Crippen LogP contribution in [-0.4, -0.2) is 37.1 Å². The van der Waals surface area contributed by atoms with Crippen LogP contribution in [0.4, 0.5) is 0 Å². The van der Waals surface area contributed by atoms with Gasteiger partial charge in [0.05, 0.1) is 12.7 Å². The molecule has 0 aliphatic carbocycles. The molecule has 1 aliphatic rings. The minimum atomic E-state index is -0.449. The van der Waals surface area contributed by atoms with Gasteiger partial charge in [0.1, 0.15) is 12.2 Å². The second-order valence-corrected chi connectivity index (χ2v) is 2.30. The lowest BCUT2D eigenvalue weighted by Crippen LogP contribution is -2.29. The van der Waals surface area contributed by atoms with Gasteiger partial charge in [-0.3, -0.25) is 0 Å². The van der Waals surface area contributed by atoms with Crippen LogP contribution in [0.5, 0.6) is 0 Å². The Morgan fingerprint density at radius 1 is 1.67 bits per heavy atom. The van der Waals surface area contributed by atoms with E-state index in [1.54, 1.807) is 7.11 Å². The van der Waals surface area contributed by atoms with Crippen molar-refractivity contribution in [2.75, 3.05) is 13.7 Å². The minimum Gasteiger partial charge on any atom is -0.388 e. The molecule has 54 valence electrons. The van der Waals surface area contributed by atoms with Gasteiger partial charge in [-0.25, -0.2) is 0 Å². The van der Waals surface area contributed by atoms with E-state index in [4.69, 9.17) is 9.47 Å². The highest BCUT2D eigenvalue weighted by atomic mass is 16.6. The molecule has 3 atom stereocenters. The predicted molar refractivity (Wildman–Crippen MR) is 32.2 cm³/mol. The first-order valence-corrected chi connectivity index (χ1v) is 3.08. The second kappa shape index (κ2) is 2.64. The molecule has 0 aromatic rings. The largest absolute Gasteiger partial charge is 0.388 e. The van der Waals surface area contributed by atoms with E-state index >= 15 is 0 Å². The highest BCUT2D eigenvalue weighted by Gasteiger charge is 2.32. The summed E-state index contributed by atoms with van der Waals surface area (Å²) in [7, 11) is 1.58. The Bertz CT molecular complexity index is 94.3. The summed E-state index contributed by atoms with van der Waals surface area (Å²) < 4.78 is 10.0. The number of rotatable bonds is 1. The van der Waals surface area contributed by atoms with E-state index in [1.807, 2.05) is 6.92 Å². The third kappa shape index (κ3) is 1.23. The summed E-state index contributed by atoms with van der Waals surface area (Å²) in [5, 5.41) is 9.21. The van der Waals surface area contributed by atoms with Crippen LogP contribution in [0.15, 0.2) is 0 Å². The molecule has 3 unspecified atom stereocenters. The molecule has 1 aliphatic heterocycles. The third-order valence-electron chi connectivity index (χ3n) is 1.69. The van der Waals surface area contributed by atoms with Crippen molar-refractivity contribution in [2.24, 2.45) is 0 Å². The van der Waals surface area contributed by atoms with Crippen molar-refractivity contribution in [3.8, 4) is 0 Å². The molecule has 0 aromatic carbocycles. The molecule has 3 nitrogen and oxygen atoms in total. The smallest absolute Gasteiger partial charge is 0.109 e. The van der Waals surface area contributed by atoms with E-state index in [-0.39, 0.29) is 12.2 Å². The molecule has 0 saturated carbocycles. The van der Waals surface area contributed by atoms with E-state index in [0.29, 0.717) is 6.61 Å². The zero-order valence-corrected chi connectivity index (χ0v) is 5.70. The maximum atomic E-state index is 9.21. The average Bonchev–Trinajstić information content (AvgIpc) is 2.15. The van der Waals surface area contributed by atoms with E-state index in [9.17, 15) is 5.11 Å². The number of hydrogen-bond donors (Lipinski definition) is 1. The Hall–Kier alpha value is -0.120. The van der Waals surface area contributed by atoms with Gasteiger partial charge in [-0.1, -0.05) is 0 Å². The highest BCUT2D eigenvalue weighted by Crippen LogP contribution is 2.15. The van der Waals surface area contributed by atoms with Gasteiger partial charge in [0.2, 0.25) is 0 Å². The number of ether oxygens (including phenoxy) is 2. The van der Waals surface area contributed by atoms with E-state index in [2.05, 4.69) is 0 Å². The van der Waals surface area contributed by atoms with Crippen LogP contribution < -0.4 is 0 Å². The summed E-state index contributed by atoms with van der Waals surface area (Å²) in [5.74, 6) is 0. The van der Waals surface area contributed by atoms with Crippen LogP contribution in [0.2, 0.25) is 0 Å². The summed E-state index contributed by atoms with van der Waals surface area (Å²) in [4.78, 5) is 0. The lowest BCUT2D eigenvalue weighted by molar-refractivity contribution is 0.00925. The molecule has 1 rings (SSSR count). The average molecular weight is 132 g/mol. The van der Waals surface area contributed by atoms with E-state index < -0.39 is 6.10 Å². The topological polar surface area (TPSA) is 38.7 Å². The second-order valence-electron chi connectivity index (χ2n) is 2.30. The molecule has 1 saturated heterocycles. The molecule has 0 amide bonds. The molecule has 0 bridgehead atoms. The molecular formula is C6H12O3. The Balaban J connectivity index is 2.41. The standard InChI is InChI=1S/C6H12O3/c1-4-6(7)5(8-2)3-9-4/h4-7H,3H2,1-2H3. The monoisotopic (exact) mass is 132 g/mol. The first-order chi connectivity index (χ1) is 4.25. The van der Waals surface area contributed by atoms with Crippen molar-refractivity contribution in [1.29, 1.82) is 0 Å². The molecule has 0 radical (unpaired) electrons. The molecule has 0 spiro atoms. The third-order valence-corrected chi connectivity index (χ3v) is 1.69. The van der Waals surface area contributed by atoms with Gasteiger partial charge in [0.25, 0.3) is 0 Å². The summed E-state index contributed by atoms with van der Waals surface area (Å²) in [6.07, 6.45) is -0.648. The van der Waals surface area contributed by atoms with E-state index in [1.165, 1.54) is 0 Å². The van der Waals surface area contributed by atoms with Gasteiger partial charge < -0.3 is 14.6 Å². The van der Waals surface area contributed by atoms with Crippen LogP contribution in [0.25, 0.3) is 0 Å². The minimum absolute atomic E-state index is 0.0741. The van der Waals surface area contributed by atoms with Crippen molar-refractivity contribution in [1.82, 2.24) is 0 Å². The summed E-state index contributed by atoms with van der Waals surface area (Å²) >= 11 is 0. The van der Waals surface area contributed by atoms with Gasteiger partial charge in [0, 0.05) is 7.11 Å². The molecular weight excluding hydrogens is 120 g/mol. The summed E-state index contributed by atoms with van der Waals surface area (Å²) in [5.41, 5.74) is 0. The zero-order valence-electron chi connectivity index (χ0n) is 5.70. The van der Waals surface area contributed by atoms with Crippen molar-refractivity contribution < 1.29 is 14.6 Å². The number of methoxy groups -OCH3 is 1.